The van der Waals surface area contributed by atoms with E-state index in [1.165, 1.54) is 6.08 Å². The third-order valence-electron chi connectivity index (χ3n) is 2.43. The standard InChI is InChI=1S/C8H8O3S.C7H5BrClNO/c9-12(10,11)7-6-8-4-2-1-3-5-8;8-4-1-2-5(7(10)11)6(9)3-4/h1-7H,(H,9,10,11);1-3H,(H2,10,11). The molecule has 5 nitrogen and oxygen atoms in total. The van der Waals surface area contributed by atoms with Crippen LogP contribution < -0.4 is 5.73 Å². The molecule has 0 aliphatic rings. The molecule has 0 saturated carbocycles. The van der Waals surface area contributed by atoms with Gasteiger partial charge in [-0.05, 0) is 29.8 Å². The molecule has 0 aliphatic carbocycles. The molecule has 3 N–H and O–H groups in total. The maximum absolute atomic E-state index is 10.7. The number of amides is 1. The van der Waals surface area contributed by atoms with Crippen LogP contribution in [0.1, 0.15) is 15.9 Å². The molecule has 0 radical (unpaired) electrons. The van der Waals surface area contributed by atoms with Crippen LogP contribution in [0.3, 0.4) is 0 Å². The number of primary amides is 1. The number of hydrogen-bond acceptors (Lipinski definition) is 3. The van der Waals surface area contributed by atoms with Gasteiger partial charge in [0.15, 0.2) is 0 Å². The SMILES string of the molecule is NC(=O)c1ccc(Br)cc1Cl.O=S(=O)(O)C=Cc1ccccc1. The lowest BCUT2D eigenvalue weighted by molar-refractivity contribution is 0.100. The summed E-state index contributed by atoms with van der Waals surface area (Å²) in [5, 5.41) is 1.12. The van der Waals surface area contributed by atoms with Crippen molar-refractivity contribution in [3.05, 3.63) is 74.6 Å². The van der Waals surface area contributed by atoms with Gasteiger partial charge in [-0.3, -0.25) is 9.35 Å². The van der Waals surface area contributed by atoms with Crippen molar-refractivity contribution >= 4 is 49.6 Å². The lowest BCUT2D eigenvalue weighted by atomic mass is 10.2. The average Bonchev–Trinajstić information content (AvgIpc) is 2.46. The molecule has 1 amide bonds. The maximum atomic E-state index is 10.7. The number of rotatable bonds is 3. The molecule has 0 bridgehead atoms. The molecular weight excluding hydrogens is 406 g/mol. The Balaban J connectivity index is 0.000000231. The van der Waals surface area contributed by atoms with Gasteiger partial charge >= 0.3 is 0 Å². The highest BCUT2D eigenvalue weighted by Crippen LogP contribution is 2.20. The number of carbonyl (C=O) groups excluding carboxylic acids is 1. The number of nitrogens with two attached hydrogens (primary N) is 1. The number of hydrogen-bond donors (Lipinski definition) is 2. The van der Waals surface area contributed by atoms with E-state index in [4.69, 9.17) is 21.9 Å². The van der Waals surface area contributed by atoms with Crippen LogP contribution in [0.25, 0.3) is 6.08 Å². The topological polar surface area (TPSA) is 97.5 Å². The first-order valence-corrected chi connectivity index (χ1v) is 8.82. The molecule has 0 fully saturated rings. The molecule has 122 valence electrons. The molecule has 0 unspecified atom stereocenters. The van der Waals surface area contributed by atoms with Crippen LogP contribution in [-0.4, -0.2) is 18.9 Å². The zero-order valence-corrected chi connectivity index (χ0v) is 14.8. The second-order valence-corrected chi connectivity index (χ2v) is 6.84. The van der Waals surface area contributed by atoms with E-state index in [9.17, 15) is 13.2 Å². The Bertz CT molecular complexity index is 807. The molecule has 0 heterocycles. The molecule has 23 heavy (non-hydrogen) atoms. The van der Waals surface area contributed by atoms with Crippen LogP contribution in [0.4, 0.5) is 0 Å². The normalized spacial score (nSPS) is 10.9. The summed E-state index contributed by atoms with van der Waals surface area (Å²) < 4.78 is 29.7. The van der Waals surface area contributed by atoms with Crippen LogP contribution >= 0.6 is 27.5 Å². The average molecular weight is 419 g/mol. The smallest absolute Gasteiger partial charge is 0.287 e. The Morgan fingerprint density at radius 1 is 1.17 bits per heavy atom. The minimum absolute atomic E-state index is 0.342. The Morgan fingerprint density at radius 2 is 1.78 bits per heavy atom. The number of halogens is 2. The molecule has 8 heteroatoms. The fourth-order valence-electron chi connectivity index (χ4n) is 1.42. The van der Waals surface area contributed by atoms with Gasteiger partial charge in [0.05, 0.1) is 16.0 Å². The van der Waals surface area contributed by atoms with E-state index >= 15 is 0 Å². The zero-order valence-electron chi connectivity index (χ0n) is 11.7. The van der Waals surface area contributed by atoms with Gasteiger partial charge in [0, 0.05) is 4.47 Å². The van der Waals surface area contributed by atoms with Gasteiger partial charge in [-0.2, -0.15) is 8.42 Å². The highest BCUT2D eigenvalue weighted by Gasteiger charge is 2.05. The third kappa shape index (κ3) is 7.94. The summed E-state index contributed by atoms with van der Waals surface area (Å²) in [4.78, 5) is 10.7. The van der Waals surface area contributed by atoms with Crippen molar-refractivity contribution in [1.29, 1.82) is 0 Å². The number of benzene rings is 2. The number of carbonyl (C=O) groups is 1. The molecular formula is C15H13BrClNO4S. The van der Waals surface area contributed by atoms with E-state index in [0.717, 1.165) is 15.4 Å². The van der Waals surface area contributed by atoms with Crippen molar-refractivity contribution in [2.45, 2.75) is 0 Å². The highest BCUT2D eigenvalue weighted by atomic mass is 79.9. The second kappa shape index (κ2) is 8.83. The largest absolute Gasteiger partial charge is 0.366 e. The molecule has 2 aromatic rings. The van der Waals surface area contributed by atoms with Crippen molar-refractivity contribution in [3.8, 4) is 0 Å². The molecule has 0 spiro atoms. The van der Waals surface area contributed by atoms with E-state index in [-0.39, 0.29) is 0 Å². The van der Waals surface area contributed by atoms with Crippen molar-refractivity contribution in [1.82, 2.24) is 0 Å². The van der Waals surface area contributed by atoms with Gasteiger partial charge in [0.1, 0.15) is 0 Å². The van der Waals surface area contributed by atoms with E-state index in [1.54, 1.807) is 42.5 Å². The predicted octanol–water partition coefficient (Wildman–Crippen LogP) is 3.75. The summed E-state index contributed by atoms with van der Waals surface area (Å²) in [7, 11) is -4.00. The first-order valence-electron chi connectivity index (χ1n) is 6.14. The minimum atomic E-state index is -4.00. The quantitative estimate of drug-likeness (QED) is 0.742. The summed E-state index contributed by atoms with van der Waals surface area (Å²) in [6.07, 6.45) is 1.33. The van der Waals surface area contributed by atoms with Gasteiger partial charge in [0.2, 0.25) is 5.91 Å². The lowest BCUT2D eigenvalue weighted by Gasteiger charge is -1.98. The Hall–Kier alpha value is -1.67. The van der Waals surface area contributed by atoms with Crippen LogP contribution in [-0.2, 0) is 10.1 Å². The summed E-state index contributed by atoms with van der Waals surface area (Å²) in [6.45, 7) is 0. The van der Waals surface area contributed by atoms with Crippen LogP contribution in [0.2, 0.25) is 5.02 Å². The maximum Gasteiger partial charge on any atom is 0.287 e. The fourth-order valence-corrected chi connectivity index (χ4v) is 2.51. The Morgan fingerprint density at radius 3 is 2.26 bits per heavy atom. The lowest BCUT2D eigenvalue weighted by Crippen LogP contribution is -2.11. The summed E-state index contributed by atoms with van der Waals surface area (Å²) in [5.41, 5.74) is 6.10. The van der Waals surface area contributed by atoms with Crippen LogP contribution in [0.15, 0.2) is 58.4 Å². The van der Waals surface area contributed by atoms with Crippen LogP contribution in [0.5, 0.6) is 0 Å². The van der Waals surface area contributed by atoms with Crippen LogP contribution in [0, 0.1) is 0 Å². The molecule has 0 aromatic heterocycles. The second-order valence-electron chi connectivity index (χ2n) is 4.22. The summed E-state index contributed by atoms with van der Waals surface area (Å²) in [6, 6.07) is 13.8. The van der Waals surface area contributed by atoms with Crippen molar-refractivity contribution in [3.63, 3.8) is 0 Å². The predicted molar refractivity (Wildman–Crippen MR) is 94.7 cm³/mol. The molecule has 0 atom stereocenters. The monoisotopic (exact) mass is 417 g/mol. The van der Waals surface area contributed by atoms with Crippen molar-refractivity contribution in [2.24, 2.45) is 5.73 Å². The zero-order chi connectivity index (χ0) is 17.5. The van der Waals surface area contributed by atoms with E-state index in [2.05, 4.69) is 15.9 Å². The molecule has 2 aromatic carbocycles. The van der Waals surface area contributed by atoms with E-state index in [1.807, 2.05) is 6.07 Å². The Labute approximate surface area is 147 Å². The first kappa shape index (κ1) is 19.4. The molecule has 2 rings (SSSR count). The fraction of sp³-hybridized carbons (Fsp3) is 0. The minimum Gasteiger partial charge on any atom is -0.366 e. The van der Waals surface area contributed by atoms with E-state index < -0.39 is 16.0 Å². The van der Waals surface area contributed by atoms with Gasteiger partial charge in [-0.25, -0.2) is 0 Å². The van der Waals surface area contributed by atoms with Gasteiger partial charge in [0.25, 0.3) is 10.1 Å². The highest BCUT2D eigenvalue weighted by molar-refractivity contribution is 9.10. The molecule has 0 saturated heterocycles. The third-order valence-corrected chi connectivity index (χ3v) is 3.71. The summed E-state index contributed by atoms with van der Waals surface area (Å²) >= 11 is 8.90. The Kier molecular flexibility index (Phi) is 7.44. The van der Waals surface area contributed by atoms with Crippen molar-refractivity contribution in [2.75, 3.05) is 0 Å². The van der Waals surface area contributed by atoms with Gasteiger partial charge < -0.3 is 5.73 Å². The van der Waals surface area contributed by atoms with Gasteiger partial charge in [-0.15, -0.1) is 0 Å². The van der Waals surface area contributed by atoms with Gasteiger partial charge in [-0.1, -0.05) is 57.9 Å². The first-order chi connectivity index (χ1) is 10.7. The van der Waals surface area contributed by atoms with Crippen molar-refractivity contribution < 1.29 is 17.8 Å². The molecule has 0 aliphatic heterocycles. The summed E-state index contributed by atoms with van der Waals surface area (Å²) in [5.74, 6) is -0.512. The van der Waals surface area contributed by atoms with E-state index in [0.29, 0.717) is 10.6 Å².